The molecule has 0 spiro atoms. The van der Waals surface area contributed by atoms with Gasteiger partial charge in [0.25, 0.3) is 0 Å². The molecule has 0 unspecified atom stereocenters. The fourth-order valence-corrected chi connectivity index (χ4v) is 2.59. The maximum absolute atomic E-state index is 12.3. The molecule has 0 aromatic heterocycles. The van der Waals surface area contributed by atoms with Gasteiger partial charge in [-0.15, -0.1) is 0 Å². The number of likely N-dealkylation sites (N-methyl/N-ethyl adjacent to an activating group) is 1. The second-order valence-corrected chi connectivity index (χ2v) is 5.02. The summed E-state index contributed by atoms with van der Waals surface area (Å²) < 4.78 is 0. The maximum Gasteiger partial charge on any atom is 0.225 e. The first-order valence-corrected chi connectivity index (χ1v) is 6.77. The van der Waals surface area contributed by atoms with Crippen LogP contribution in [0.1, 0.15) is 39.5 Å². The van der Waals surface area contributed by atoms with Gasteiger partial charge in [-0.1, -0.05) is 26.7 Å². The van der Waals surface area contributed by atoms with Crippen LogP contribution in [0, 0.1) is 5.92 Å². The van der Waals surface area contributed by atoms with Crippen LogP contribution in [0.5, 0.6) is 0 Å². The van der Waals surface area contributed by atoms with Crippen LogP contribution in [0.3, 0.4) is 0 Å². The van der Waals surface area contributed by atoms with Crippen molar-refractivity contribution in [2.45, 2.75) is 51.7 Å². The SMILES string of the molecule is CCCC(CCC)C(=O)N(C)[C@@H]1CNC[C@H]1O. The number of nitrogens with zero attached hydrogens (tertiary/aromatic N) is 1. The molecule has 100 valence electrons. The molecule has 4 nitrogen and oxygen atoms in total. The Kier molecular flexibility index (Phi) is 5.92. The number of rotatable bonds is 6. The quantitative estimate of drug-likeness (QED) is 0.730. The van der Waals surface area contributed by atoms with E-state index in [1.807, 2.05) is 7.05 Å². The van der Waals surface area contributed by atoms with Crippen LogP contribution in [0.4, 0.5) is 0 Å². The number of hydrogen-bond acceptors (Lipinski definition) is 3. The zero-order valence-corrected chi connectivity index (χ0v) is 11.3. The van der Waals surface area contributed by atoms with E-state index in [2.05, 4.69) is 19.2 Å². The lowest BCUT2D eigenvalue weighted by Gasteiger charge is -2.30. The molecule has 1 rings (SSSR count). The highest BCUT2D eigenvalue weighted by molar-refractivity contribution is 5.79. The Labute approximate surface area is 104 Å². The summed E-state index contributed by atoms with van der Waals surface area (Å²) in [6.45, 7) is 5.52. The largest absolute Gasteiger partial charge is 0.390 e. The summed E-state index contributed by atoms with van der Waals surface area (Å²) in [4.78, 5) is 14.1. The molecule has 0 aromatic rings. The summed E-state index contributed by atoms with van der Waals surface area (Å²) in [7, 11) is 1.82. The molecule has 1 aliphatic rings. The Morgan fingerprint density at radius 2 is 1.94 bits per heavy atom. The minimum absolute atomic E-state index is 0.0567. The van der Waals surface area contributed by atoms with Gasteiger partial charge in [-0.25, -0.2) is 0 Å². The lowest BCUT2D eigenvalue weighted by atomic mass is 9.96. The van der Waals surface area contributed by atoms with Crippen LogP contribution in [-0.4, -0.2) is 48.2 Å². The van der Waals surface area contributed by atoms with Gasteiger partial charge in [0.15, 0.2) is 0 Å². The highest BCUT2D eigenvalue weighted by Gasteiger charge is 2.33. The van der Waals surface area contributed by atoms with E-state index in [0.717, 1.165) is 25.7 Å². The number of hydrogen-bond donors (Lipinski definition) is 2. The Morgan fingerprint density at radius 1 is 1.35 bits per heavy atom. The standard InChI is InChI=1S/C13H26N2O2/c1-4-6-10(7-5-2)13(17)15(3)11-8-14-9-12(11)16/h10-12,14,16H,4-9H2,1-3H3/t11-,12-/m1/s1. The van der Waals surface area contributed by atoms with Crippen LogP contribution >= 0.6 is 0 Å². The van der Waals surface area contributed by atoms with Crippen molar-refractivity contribution < 1.29 is 9.90 Å². The molecule has 0 radical (unpaired) electrons. The summed E-state index contributed by atoms with van der Waals surface area (Å²) >= 11 is 0. The molecule has 0 bridgehead atoms. The van der Waals surface area contributed by atoms with Gasteiger partial charge < -0.3 is 15.3 Å². The first-order chi connectivity index (χ1) is 8.11. The number of amides is 1. The van der Waals surface area contributed by atoms with Crippen LogP contribution in [0.2, 0.25) is 0 Å². The second-order valence-electron chi connectivity index (χ2n) is 5.02. The highest BCUT2D eigenvalue weighted by Crippen LogP contribution is 2.19. The third-order valence-electron chi connectivity index (χ3n) is 3.62. The first kappa shape index (κ1) is 14.5. The van der Waals surface area contributed by atoms with Crippen molar-refractivity contribution in [1.29, 1.82) is 0 Å². The number of aliphatic hydroxyl groups excluding tert-OH is 1. The van der Waals surface area contributed by atoms with Crippen molar-refractivity contribution in [1.82, 2.24) is 10.2 Å². The van der Waals surface area contributed by atoms with E-state index in [0.29, 0.717) is 13.1 Å². The Balaban J connectivity index is 2.58. The monoisotopic (exact) mass is 242 g/mol. The van der Waals surface area contributed by atoms with Gasteiger partial charge in [-0.05, 0) is 12.8 Å². The summed E-state index contributed by atoms with van der Waals surface area (Å²) in [5.74, 6) is 0.323. The fourth-order valence-electron chi connectivity index (χ4n) is 2.59. The van der Waals surface area contributed by atoms with E-state index in [1.165, 1.54) is 0 Å². The molecule has 1 amide bonds. The molecule has 1 heterocycles. The van der Waals surface area contributed by atoms with Gasteiger partial charge in [-0.3, -0.25) is 4.79 Å². The third kappa shape index (κ3) is 3.68. The van der Waals surface area contributed by atoms with Gasteiger partial charge in [0.05, 0.1) is 12.1 Å². The third-order valence-corrected chi connectivity index (χ3v) is 3.62. The molecule has 2 atom stereocenters. The molecule has 0 aliphatic carbocycles. The first-order valence-electron chi connectivity index (χ1n) is 6.77. The predicted molar refractivity (Wildman–Crippen MR) is 68.7 cm³/mol. The van der Waals surface area contributed by atoms with Crippen LogP contribution in [0.25, 0.3) is 0 Å². The van der Waals surface area contributed by atoms with E-state index in [-0.39, 0.29) is 17.9 Å². The van der Waals surface area contributed by atoms with Gasteiger partial charge in [0.1, 0.15) is 0 Å². The molecular weight excluding hydrogens is 216 g/mol. The molecule has 17 heavy (non-hydrogen) atoms. The normalized spacial score (nSPS) is 24.3. The number of aliphatic hydroxyl groups is 1. The minimum atomic E-state index is -0.423. The van der Waals surface area contributed by atoms with Gasteiger partial charge in [0.2, 0.25) is 5.91 Å². The topological polar surface area (TPSA) is 52.6 Å². The second kappa shape index (κ2) is 6.97. The van der Waals surface area contributed by atoms with Crippen LogP contribution in [0.15, 0.2) is 0 Å². The Morgan fingerprint density at radius 3 is 2.35 bits per heavy atom. The van der Waals surface area contributed by atoms with Gasteiger partial charge in [0, 0.05) is 26.1 Å². The van der Waals surface area contributed by atoms with E-state index in [9.17, 15) is 9.90 Å². The van der Waals surface area contributed by atoms with Crippen LogP contribution < -0.4 is 5.32 Å². The lowest BCUT2D eigenvalue weighted by Crippen LogP contribution is -2.46. The average molecular weight is 242 g/mol. The summed E-state index contributed by atoms with van der Waals surface area (Å²) in [5, 5.41) is 12.9. The van der Waals surface area contributed by atoms with E-state index in [4.69, 9.17) is 0 Å². The van der Waals surface area contributed by atoms with Crippen LogP contribution in [-0.2, 0) is 4.79 Å². The number of carbonyl (C=O) groups excluding carboxylic acids is 1. The average Bonchev–Trinajstić information content (AvgIpc) is 2.73. The van der Waals surface area contributed by atoms with E-state index < -0.39 is 6.10 Å². The molecule has 4 heteroatoms. The van der Waals surface area contributed by atoms with E-state index in [1.54, 1.807) is 4.90 Å². The van der Waals surface area contributed by atoms with E-state index >= 15 is 0 Å². The van der Waals surface area contributed by atoms with Crippen molar-refractivity contribution >= 4 is 5.91 Å². The number of nitrogens with one attached hydrogen (secondary N) is 1. The molecule has 0 saturated carbocycles. The molecule has 1 saturated heterocycles. The predicted octanol–water partition coefficient (Wildman–Crippen LogP) is 0.994. The Bertz CT molecular complexity index is 240. The Hall–Kier alpha value is -0.610. The smallest absolute Gasteiger partial charge is 0.225 e. The molecule has 1 fully saturated rings. The van der Waals surface area contributed by atoms with Crippen molar-refractivity contribution in [2.24, 2.45) is 5.92 Å². The number of β-amino-alcohol motifs (C(OH)–C–C–N with tert-alkyl or cyclic N) is 1. The van der Waals surface area contributed by atoms with Crippen molar-refractivity contribution in [3.05, 3.63) is 0 Å². The molecule has 2 N–H and O–H groups in total. The summed E-state index contributed by atoms with van der Waals surface area (Å²) in [5.41, 5.74) is 0. The zero-order valence-electron chi connectivity index (χ0n) is 11.3. The van der Waals surface area contributed by atoms with Crippen molar-refractivity contribution in [3.63, 3.8) is 0 Å². The van der Waals surface area contributed by atoms with Gasteiger partial charge in [-0.2, -0.15) is 0 Å². The molecular formula is C13H26N2O2. The lowest BCUT2D eigenvalue weighted by molar-refractivity contribution is -0.138. The fraction of sp³-hybridized carbons (Fsp3) is 0.923. The van der Waals surface area contributed by atoms with Crippen molar-refractivity contribution in [2.75, 3.05) is 20.1 Å². The zero-order chi connectivity index (χ0) is 12.8. The maximum atomic E-state index is 12.3. The highest BCUT2D eigenvalue weighted by atomic mass is 16.3. The van der Waals surface area contributed by atoms with Gasteiger partial charge >= 0.3 is 0 Å². The minimum Gasteiger partial charge on any atom is -0.390 e. The number of carbonyl (C=O) groups is 1. The molecule has 1 aliphatic heterocycles. The molecule has 0 aromatic carbocycles. The van der Waals surface area contributed by atoms with Crippen molar-refractivity contribution in [3.8, 4) is 0 Å². The summed E-state index contributed by atoms with van der Waals surface area (Å²) in [6, 6.07) is -0.0567. The summed E-state index contributed by atoms with van der Waals surface area (Å²) in [6.07, 6.45) is 3.55.